The lowest BCUT2D eigenvalue weighted by Gasteiger charge is -2.10. The average Bonchev–Trinajstić information content (AvgIpc) is 2.89. The van der Waals surface area contributed by atoms with Crippen molar-refractivity contribution in [3.8, 4) is 5.75 Å². The van der Waals surface area contributed by atoms with Gasteiger partial charge >= 0.3 is 0 Å². The Morgan fingerprint density at radius 3 is 2.65 bits per heavy atom. The molecular formula is C13H18N2O4S. The van der Waals surface area contributed by atoms with Gasteiger partial charge in [-0.15, -0.1) is 0 Å². The second-order valence-corrected chi connectivity index (χ2v) is 6.59. The Bertz CT molecular complexity index is 563. The first-order valence-electron chi connectivity index (χ1n) is 6.38. The number of nitrogens with one attached hydrogen (secondary N) is 2. The van der Waals surface area contributed by atoms with E-state index in [9.17, 15) is 13.2 Å². The van der Waals surface area contributed by atoms with Crippen LogP contribution in [-0.2, 0) is 14.8 Å². The van der Waals surface area contributed by atoms with E-state index >= 15 is 0 Å². The van der Waals surface area contributed by atoms with E-state index < -0.39 is 15.9 Å². The van der Waals surface area contributed by atoms with E-state index in [2.05, 4.69) is 5.32 Å². The molecule has 1 atom stereocenters. The molecule has 1 aromatic rings. The number of rotatable bonds is 5. The lowest BCUT2D eigenvalue weighted by Crippen LogP contribution is -2.33. The van der Waals surface area contributed by atoms with Gasteiger partial charge in [-0.25, -0.2) is 8.42 Å². The third-order valence-electron chi connectivity index (χ3n) is 3.08. The molecule has 1 unspecified atom stereocenters. The summed E-state index contributed by atoms with van der Waals surface area (Å²) in [6.07, 6.45) is 2.05. The van der Waals surface area contributed by atoms with Gasteiger partial charge in [-0.3, -0.25) is 9.52 Å². The van der Waals surface area contributed by atoms with Crippen LogP contribution in [0.3, 0.4) is 0 Å². The Hall–Kier alpha value is -1.60. The van der Waals surface area contributed by atoms with Crippen LogP contribution < -0.4 is 14.8 Å². The van der Waals surface area contributed by atoms with E-state index in [1.165, 1.54) is 5.56 Å². The van der Waals surface area contributed by atoms with Gasteiger partial charge in [0.05, 0.1) is 6.26 Å². The number of ether oxygens (including phenoxy) is 1. The van der Waals surface area contributed by atoms with Gasteiger partial charge in [0.1, 0.15) is 5.75 Å². The van der Waals surface area contributed by atoms with Crippen LogP contribution in [0.2, 0.25) is 0 Å². The number of carbonyl (C=O) groups is 1. The maximum absolute atomic E-state index is 11.3. The van der Waals surface area contributed by atoms with Crippen molar-refractivity contribution in [3.63, 3.8) is 0 Å². The molecule has 1 aliphatic rings. The molecule has 0 bridgehead atoms. The first kappa shape index (κ1) is 14.8. The highest BCUT2D eigenvalue weighted by Crippen LogP contribution is 2.24. The van der Waals surface area contributed by atoms with Crippen molar-refractivity contribution in [1.82, 2.24) is 10.0 Å². The Kier molecular flexibility index (Phi) is 4.61. The SMILES string of the molecule is CS(=O)(=O)NC(=O)COc1ccc(C2CCNC2)cc1. The van der Waals surface area contributed by atoms with Crippen molar-refractivity contribution < 1.29 is 17.9 Å². The normalized spacial score (nSPS) is 18.8. The van der Waals surface area contributed by atoms with E-state index in [0.29, 0.717) is 11.7 Å². The zero-order valence-electron chi connectivity index (χ0n) is 11.3. The van der Waals surface area contributed by atoms with Crippen molar-refractivity contribution in [2.45, 2.75) is 12.3 Å². The van der Waals surface area contributed by atoms with Crippen molar-refractivity contribution >= 4 is 15.9 Å². The van der Waals surface area contributed by atoms with Crippen molar-refractivity contribution in [1.29, 1.82) is 0 Å². The number of hydrogen-bond donors (Lipinski definition) is 2. The largest absolute Gasteiger partial charge is 0.484 e. The van der Waals surface area contributed by atoms with Crippen LogP contribution >= 0.6 is 0 Å². The maximum Gasteiger partial charge on any atom is 0.271 e. The number of carbonyl (C=O) groups excluding carboxylic acids is 1. The van der Waals surface area contributed by atoms with E-state index in [4.69, 9.17) is 4.74 Å². The summed E-state index contributed by atoms with van der Waals surface area (Å²) in [5, 5.41) is 3.31. The minimum absolute atomic E-state index is 0.322. The quantitative estimate of drug-likeness (QED) is 0.812. The van der Waals surface area contributed by atoms with E-state index in [1.54, 1.807) is 12.1 Å². The zero-order chi connectivity index (χ0) is 14.6. The van der Waals surface area contributed by atoms with Crippen LogP contribution in [-0.4, -0.2) is 40.3 Å². The van der Waals surface area contributed by atoms with Gasteiger partial charge in [0.2, 0.25) is 10.0 Å². The highest BCUT2D eigenvalue weighted by atomic mass is 32.2. The summed E-state index contributed by atoms with van der Waals surface area (Å²) in [5.74, 6) is 0.387. The van der Waals surface area contributed by atoms with Gasteiger partial charge in [-0.05, 0) is 36.6 Å². The lowest BCUT2D eigenvalue weighted by molar-refractivity contribution is -0.121. The third-order valence-corrected chi connectivity index (χ3v) is 3.68. The molecule has 0 aromatic heterocycles. The summed E-state index contributed by atoms with van der Waals surface area (Å²) >= 11 is 0. The van der Waals surface area contributed by atoms with Crippen LogP contribution in [0.5, 0.6) is 5.75 Å². The summed E-state index contributed by atoms with van der Waals surface area (Å²) < 4.78 is 28.8. The minimum atomic E-state index is -3.53. The molecule has 0 spiro atoms. The summed E-state index contributed by atoms with van der Waals surface area (Å²) in [4.78, 5) is 11.3. The Morgan fingerprint density at radius 2 is 2.10 bits per heavy atom. The van der Waals surface area contributed by atoms with Crippen LogP contribution in [0.4, 0.5) is 0 Å². The van der Waals surface area contributed by atoms with Gasteiger partial charge in [-0.2, -0.15) is 0 Å². The molecule has 0 aliphatic carbocycles. The first-order chi connectivity index (χ1) is 9.44. The molecule has 1 heterocycles. The summed E-state index contributed by atoms with van der Waals surface area (Å²) in [5.41, 5.74) is 1.24. The Balaban J connectivity index is 1.86. The molecule has 1 amide bonds. The smallest absolute Gasteiger partial charge is 0.271 e. The topological polar surface area (TPSA) is 84.5 Å². The molecule has 1 fully saturated rings. The van der Waals surface area contributed by atoms with Crippen LogP contribution in [0.1, 0.15) is 17.9 Å². The highest BCUT2D eigenvalue weighted by Gasteiger charge is 2.16. The van der Waals surface area contributed by atoms with Crippen LogP contribution in [0.15, 0.2) is 24.3 Å². The molecular weight excluding hydrogens is 280 g/mol. The van der Waals surface area contributed by atoms with Gasteiger partial charge in [0.25, 0.3) is 5.91 Å². The lowest BCUT2D eigenvalue weighted by atomic mass is 9.99. The monoisotopic (exact) mass is 298 g/mol. The van der Waals surface area contributed by atoms with Gasteiger partial charge in [0.15, 0.2) is 6.61 Å². The minimum Gasteiger partial charge on any atom is -0.484 e. The van der Waals surface area contributed by atoms with Crippen molar-refractivity contribution in [3.05, 3.63) is 29.8 Å². The van der Waals surface area contributed by atoms with Crippen molar-refractivity contribution in [2.24, 2.45) is 0 Å². The van der Waals surface area contributed by atoms with Gasteiger partial charge in [-0.1, -0.05) is 12.1 Å². The first-order valence-corrected chi connectivity index (χ1v) is 8.27. The second kappa shape index (κ2) is 6.23. The molecule has 7 heteroatoms. The van der Waals surface area contributed by atoms with E-state index in [1.807, 2.05) is 16.9 Å². The molecule has 6 nitrogen and oxygen atoms in total. The standard InChI is InChI=1S/C13H18N2O4S/c1-20(17,18)15-13(16)9-19-12-4-2-10(3-5-12)11-6-7-14-8-11/h2-5,11,14H,6-9H2,1H3,(H,15,16). The Morgan fingerprint density at radius 1 is 1.40 bits per heavy atom. The van der Waals surface area contributed by atoms with Crippen LogP contribution in [0, 0.1) is 0 Å². The fourth-order valence-corrected chi connectivity index (χ4v) is 2.63. The molecule has 1 aromatic carbocycles. The van der Waals surface area contributed by atoms with Gasteiger partial charge < -0.3 is 10.1 Å². The third kappa shape index (κ3) is 4.50. The molecule has 2 N–H and O–H groups in total. The maximum atomic E-state index is 11.3. The molecule has 0 radical (unpaired) electrons. The predicted octanol–water partition coefficient (Wildman–Crippen LogP) is 0.218. The molecule has 1 saturated heterocycles. The number of amides is 1. The predicted molar refractivity (Wildman–Crippen MR) is 75.2 cm³/mol. The van der Waals surface area contributed by atoms with E-state index in [-0.39, 0.29) is 6.61 Å². The highest BCUT2D eigenvalue weighted by molar-refractivity contribution is 7.89. The zero-order valence-corrected chi connectivity index (χ0v) is 12.1. The summed E-state index contributed by atoms with van der Waals surface area (Å²) in [6.45, 7) is 1.70. The van der Waals surface area contributed by atoms with Crippen molar-refractivity contribution in [2.75, 3.05) is 26.0 Å². The molecule has 1 aliphatic heterocycles. The van der Waals surface area contributed by atoms with Gasteiger partial charge in [0, 0.05) is 6.54 Å². The average molecular weight is 298 g/mol. The second-order valence-electron chi connectivity index (χ2n) is 4.84. The molecule has 2 rings (SSSR count). The molecule has 110 valence electrons. The Labute approximate surface area is 118 Å². The summed E-state index contributed by atoms with van der Waals surface area (Å²) in [7, 11) is -3.53. The fourth-order valence-electron chi connectivity index (χ4n) is 2.16. The van der Waals surface area contributed by atoms with Crippen LogP contribution in [0.25, 0.3) is 0 Å². The fraction of sp³-hybridized carbons (Fsp3) is 0.462. The number of benzene rings is 1. The van der Waals surface area contributed by atoms with E-state index in [0.717, 1.165) is 25.8 Å². The number of sulfonamides is 1. The number of hydrogen-bond acceptors (Lipinski definition) is 5. The molecule has 20 heavy (non-hydrogen) atoms. The molecule has 0 saturated carbocycles. The summed E-state index contributed by atoms with van der Waals surface area (Å²) in [6, 6.07) is 7.53.